The third-order valence-electron chi connectivity index (χ3n) is 6.18. The van der Waals surface area contributed by atoms with Crippen LogP contribution in [0, 0.1) is 5.92 Å². The number of ether oxygens (including phenoxy) is 1. The summed E-state index contributed by atoms with van der Waals surface area (Å²) in [4.78, 5) is 30.6. The van der Waals surface area contributed by atoms with Crippen LogP contribution in [0.2, 0.25) is 0 Å². The first kappa shape index (κ1) is 21.4. The third kappa shape index (κ3) is 5.06. The molecule has 0 spiro atoms. The first-order valence-electron chi connectivity index (χ1n) is 11.2. The maximum Gasteiger partial charge on any atom is 0.262 e. The van der Waals surface area contributed by atoms with E-state index in [1.165, 1.54) is 43.9 Å². The second kappa shape index (κ2) is 9.96. The van der Waals surface area contributed by atoms with E-state index in [1.54, 1.807) is 4.57 Å². The quantitative estimate of drug-likeness (QED) is 0.536. The van der Waals surface area contributed by atoms with Crippen molar-refractivity contribution in [2.24, 2.45) is 5.92 Å². The Kier molecular flexibility index (Phi) is 7.10. The highest BCUT2D eigenvalue weighted by atomic mass is 32.2. The van der Waals surface area contributed by atoms with Crippen LogP contribution in [0.4, 0.5) is 0 Å². The molecule has 7 heteroatoms. The lowest BCUT2D eigenvalue weighted by atomic mass is 9.89. The van der Waals surface area contributed by atoms with Crippen molar-refractivity contribution in [2.75, 3.05) is 13.2 Å². The Hall–Kier alpha value is -1.86. The molecule has 2 aromatic rings. The zero-order valence-corrected chi connectivity index (χ0v) is 18.5. The predicted molar refractivity (Wildman–Crippen MR) is 120 cm³/mol. The van der Waals surface area contributed by atoms with Gasteiger partial charge in [-0.05, 0) is 50.7 Å². The predicted octanol–water partition coefficient (Wildman–Crippen LogP) is 3.75. The Balaban J connectivity index is 1.51. The highest BCUT2D eigenvalue weighted by Gasteiger charge is 2.24. The Bertz CT molecular complexity index is 933. The molecule has 6 nitrogen and oxygen atoms in total. The van der Waals surface area contributed by atoms with Gasteiger partial charge in [0.15, 0.2) is 5.16 Å². The molecule has 1 aliphatic heterocycles. The van der Waals surface area contributed by atoms with E-state index >= 15 is 0 Å². The number of benzene rings is 1. The molecule has 1 amide bonds. The van der Waals surface area contributed by atoms with Gasteiger partial charge in [0.2, 0.25) is 5.91 Å². The molecule has 0 radical (unpaired) electrons. The van der Waals surface area contributed by atoms with Crippen LogP contribution in [0.15, 0.2) is 34.2 Å². The topological polar surface area (TPSA) is 73.2 Å². The molecule has 1 saturated carbocycles. The molecule has 1 aliphatic carbocycles. The Morgan fingerprint density at radius 3 is 2.80 bits per heavy atom. The summed E-state index contributed by atoms with van der Waals surface area (Å²) in [5.74, 6) is 0.605. The number of carbonyl (C=O) groups excluding carboxylic acids is 1. The summed E-state index contributed by atoms with van der Waals surface area (Å²) in [6.45, 7) is 3.86. The minimum Gasteiger partial charge on any atom is -0.376 e. The van der Waals surface area contributed by atoms with Gasteiger partial charge in [-0.2, -0.15) is 0 Å². The Labute approximate surface area is 181 Å². The fraction of sp³-hybridized carbons (Fsp3) is 0.609. The fourth-order valence-corrected chi connectivity index (χ4v) is 5.32. The van der Waals surface area contributed by atoms with Crippen LogP contribution in [-0.2, 0) is 16.1 Å². The summed E-state index contributed by atoms with van der Waals surface area (Å²) in [6, 6.07) is 7.40. The van der Waals surface area contributed by atoms with Crippen molar-refractivity contribution in [3.63, 3.8) is 0 Å². The average molecular weight is 430 g/mol. The number of hydrogen-bond donors (Lipinski definition) is 1. The van der Waals surface area contributed by atoms with E-state index in [2.05, 4.69) is 5.32 Å². The van der Waals surface area contributed by atoms with E-state index in [4.69, 9.17) is 9.72 Å². The number of nitrogens with one attached hydrogen (secondary N) is 1. The van der Waals surface area contributed by atoms with E-state index in [-0.39, 0.29) is 22.8 Å². The molecule has 30 heavy (non-hydrogen) atoms. The van der Waals surface area contributed by atoms with Gasteiger partial charge in [0.25, 0.3) is 5.56 Å². The number of hydrogen-bond acceptors (Lipinski definition) is 5. The number of carbonyl (C=O) groups is 1. The van der Waals surface area contributed by atoms with Gasteiger partial charge < -0.3 is 10.1 Å². The average Bonchev–Trinajstić information content (AvgIpc) is 3.28. The molecule has 162 valence electrons. The lowest BCUT2D eigenvalue weighted by Crippen LogP contribution is -2.36. The summed E-state index contributed by atoms with van der Waals surface area (Å²) < 4.78 is 7.46. The molecular formula is C23H31N3O3S. The maximum atomic E-state index is 13.2. The van der Waals surface area contributed by atoms with E-state index < -0.39 is 0 Å². The number of rotatable bonds is 7. The summed E-state index contributed by atoms with van der Waals surface area (Å²) in [5.41, 5.74) is 0.608. The monoisotopic (exact) mass is 429 g/mol. The highest BCUT2D eigenvalue weighted by Crippen LogP contribution is 2.26. The van der Waals surface area contributed by atoms with Gasteiger partial charge >= 0.3 is 0 Å². The molecular weight excluding hydrogens is 398 g/mol. The maximum absolute atomic E-state index is 13.2. The van der Waals surface area contributed by atoms with Crippen molar-refractivity contribution in [3.8, 4) is 0 Å². The minimum absolute atomic E-state index is 0.0108. The van der Waals surface area contributed by atoms with Crippen LogP contribution in [0.3, 0.4) is 0 Å². The molecule has 1 saturated heterocycles. The first-order valence-corrected chi connectivity index (χ1v) is 12.1. The van der Waals surface area contributed by atoms with E-state index in [9.17, 15) is 9.59 Å². The van der Waals surface area contributed by atoms with Gasteiger partial charge in [-0.3, -0.25) is 14.2 Å². The molecule has 0 unspecified atom stereocenters. The lowest BCUT2D eigenvalue weighted by Gasteiger charge is -2.23. The SMILES string of the molecule is C[C@H](Sc1nc2ccccc2c(=O)n1C[C@H]1CCCO1)C(=O)NCC1CCCCC1. The van der Waals surface area contributed by atoms with Crippen LogP contribution in [0.1, 0.15) is 51.9 Å². The second-order valence-corrected chi connectivity index (χ2v) is 9.78. The van der Waals surface area contributed by atoms with Crippen LogP contribution in [0.25, 0.3) is 10.9 Å². The van der Waals surface area contributed by atoms with E-state index in [0.29, 0.717) is 28.5 Å². The summed E-state index contributed by atoms with van der Waals surface area (Å²) >= 11 is 1.36. The Morgan fingerprint density at radius 1 is 1.23 bits per heavy atom. The number of para-hydroxylation sites is 1. The van der Waals surface area contributed by atoms with Crippen molar-refractivity contribution >= 4 is 28.6 Å². The molecule has 1 aromatic heterocycles. The van der Waals surface area contributed by atoms with Gasteiger partial charge in [0.1, 0.15) is 0 Å². The summed E-state index contributed by atoms with van der Waals surface area (Å²) in [6.07, 6.45) is 8.24. The minimum atomic E-state index is -0.322. The molecule has 2 atom stereocenters. The lowest BCUT2D eigenvalue weighted by molar-refractivity contribution is -0.120. The molecule has 2 aliphatic rings. The van der Waals surface area contributed by atoms with Crippen LogP contribution in [0.5, 0.6) is 0 Å². The van der Waals surface area contributed by atoms with Crippen molar-refractivity contribution in [1.82, 2.24) is 14.9 Å². The number of amides is 1. The van der Waals surface area contributed by atoms with E-state index in [1.807, 2.05) is 31.2 Å². The smallest absolute Gasteiger partial charge is 0.262 e. The number of fused-ring (bicyclic) bond motifs is 1. The van der Waals surface area contributed by atoms with Gasteiger partial charge in [-0.25, -0.2) is 4.98 Å². The van der Waals surface area contributed by atoms with Crippen molar-refractivity contribution in [3.05, 3.63) is 34.6 Å². The van der Waals surface area contributed by atoms with Crippen molar-refractivity contribution in [2.45, 2.75) is 74.9 Å². The van der Waals surface area contributed by atoms with Crippen molar-refractivity contribution in [1.29, 1.82) is 0 Å². The van der Waals surface area contributed by atoms with Crippen LogP contribution >= 0.6 is 11.8 Å². The number of nitrogens with zero attached hydrogens (tertiary/aromatic N) is 2. The summed E-state index contributed by atoms with van der Waals surface area (Å²) in [5, 5.41) is 3.99. The standard InChI is InChI=1S/C23H31N3O3S/c1-16(21(27)24-14-17-8-3-2-4-9-17)30-23-25-20-12-6-5-11-19(20)22(28)26(23)15-18-10-7-13-29-18/h5-6,11-12,16-18H,2-4,7-10,13-15H2,1H3,(H,24,27)/t16-,18+/m0/s1. The number of thioether (sulfide) groups is 1. The van der Waals surface area contributed by atoms with Gasteiger partial charge in [0, 0.05) is 13.2 Å². The molecule has 2 heterocycles. The third-order valence-corrected chi connectivity index (χ3v) is 7.27. The molecule has 0 bridgehead atoms. The van der Waals surface area contributed by atoms with Gasteiger partial charge in [-0.1, -0.05) is 43.2 Å². The van der Waals surface area contributed by atoms with Gasteiger partial charge in [0.05, 0.1) is 28.8 Å². The first-order chi connectivity index (χ1) is 14.6. The van der Waals surface area contributed by atoms with Gasteiger partial charge in [-0.15, -0.1) is 0 Å². The molecule has 1 N–H and O–H groups in total. The van der Waals surface area contributed by atoms with Crippen LogP contribution in [-0.4, -0.2) is 40.0 Å². The fourth-order valence-electron chi connectivity index (χ4n) is 4.38. The molecule has 2 fully saturated rings. The molecule has 4 rings (SSSR count). The highest BCUT2D eigenvalue weighted by molar-refractivity contribution is 8.00. The molecule has 1 aromatic carbocycles. The zero-order valence-electron chi connectivity index (χ0n) is 17.6. The van der Waals surface area contributed by atoms with E-state index in [0.717, 1.165) is 26.0 Å². The Morgan fingerprint density at radius 2 is 2.03 bits per heavy atom. The zero-order chi connectivity index (χ0) is 20.9. The van der Waals surface area contributed by atoms with Crippen molar-refractivity contribution < 1.29 is 9.53 Å². The normalized spacial score (nSPS) is 21.0. The second-order valence-electron chi connectivity index (χ2n) is 8.47. The largest absolute Gasteiger partial charge is 0.376 e. The van der Waals surface area contributed by atoms with Crippen LogP contribution < -0.4 is 10.9 Å². The number of aromatic nitrogens is 2. The summed E-state index contributed by atoms with van der Waals surface area (Å²) in [7, 11) is 0.